The number of hydrogen-bond donors (Lipinski definition) is 2. The highest BCUT2D eigenvalue weighted by atomic mass is 16.5. The van der Waals surface area contributed by atoms with Crippen LogP contribution in [0.5, 0.6) is 5.75 Å². The molecule has 1 aromatic rings. The number of fused-ring (bicyclic) bond motifs is 1. The summed E-state index contributed by atoms with van der Waals surface area (Å²) in [7, 11) is 1.68. The van der Waals surface area contributed by atoms with Crippen molar-refractivity contribution in [2.24, 2.45) is 0 Å². The third-order valence-electron chi connectivity index (χ3n) is 2.42. The number of rotatable bonds is 1. The van der Waals surface area contributed by atoms with Gasteiger partial charge in [-0.25, -0.2) is 0 Å². The highest BCUT2D eigenvalue weighted by Crippen LogP contribution is 2.27. The Bertz CT molecular complexity index is 306. The van der Waals surface area contributed by atoms with Crippen LogP contribution in [0, 0.1) is 0 Å². The van der Waals surface area contributed by atoms with Crippen LogP contribution in [0.1, 0.15) is 11.1 Å². The normalized spacial score (nSPS) is 15.2. The van der Waals surface area contributed by atoms with Gasteiger partial charge >= 0.3 is 0 Å². The lowest BCUT2D eigenvalue weighted by Crippen LogP contribution is -2.24. The first kappa shape index (κ1) is 8.38. The molecule has 0 amide bonds. The summed E-state index contributed by atoms with van der Waals surface area (Å²) in [5.74, 6) is 0.905. The molecule has 1 aliphatic rings. The van der Waals surface area contributed by atoms with Crippen LogP contribution in [0.3, 0.4) is 0 Å². The molecule has 2 rings (SSSR count). The maximum absolute atomic E-state index is 5.76. The third kappa shape index (κ3) is 1.47. The predicted molar refractivity (Wildman–Crippen MR) is 52.8 cm³/mol. The molecule has 3 nitrogen and oxygen atoms in total. The lowest BCUT2D eigenvalue weighted by molar-refractivity contribution is 0.405. The molecular formula is C10H14N2O. The molecule has 3 heteroatoms. The van der Waals surface area contributed by atoms with E-state index in [1.165, 1.54) is 11.1 Å². The number of nitrogens with one attached hydrogen (secondary N) is 1. The van der Waals surface area contributed by atoms with Crippen LogP contribution in [-0.4, -0.2) is 13.7 Å². The number of benzene rings is 1. The van der Waals surface area contributed by atoms with E-state index < -0.39 is 0 Å². The standard InChI is InChI=1S/C10H14N2O/c1-13-10-5-8(11)4-7-2-3-12-6-9(7)10/h4-5,12H,2-3,6,11H2,1H3. The summed E-state index contributed by atoms with van der Waals surface area (Å²) in [6.45, 7) is 1.92. The zero-order valence-corrected chi connectivity index (χ0v) is 7.76. The average molecular weight is 178 g/mol. The Hall–Kier alpha value is -1.22. The van der Waals surface area contributed by atoms with Crippen molar-refractivity contribution in [3.8, 4) is 5.75 Å². The van der Waals surface area contributed by atoms with Crippen LogP contribution in [0.2, 0.25) is 0 Å². The van der Waals surface area contributed by atoms with Crippen molar-refractivity contribution in [3.63, 3.8) is 0 Å². The fourth-order valence-electron chi connectivity index (χ4n) is 1.77. The van der Waals surface area contributed by atoms with Gasteiger partial charge in [-0.15, -0.1) is 0 Å². The second-order valence-electron chi connectivity index (χ2n) is 3.29. The fourth-order valence-corrected chi connectivity index (χ4v) is 1.77. The quantitative estimate of drug-likeness (QED) is 0.629. The highest BCUT2D eigenvalue weighted by molar-refractivity contribution is 5.53. The molecule has 1 aliphatic heterocycles. The Balaban J connectivity index is 2.50. The van der Waals surface area contributed by atoms with Gasteiger partial charge in [0.15, 0.2) is 0 Å². The number of hydrogen-bond acceptors (Lipinski definition) is 3. The van der Waals surface area contributed by atoms with Crippen LogP contribution < -0.4 is 15.8 Å². The van der Waals surface area contributed by atoms with E-state index in [0.29, 0.717) is 0 Å². The van der Waals surface area contributed by atoms with Gasteiger partial charge in [-0.2, -0.15) is 0 Å². The largest absolute Gasteiger partial charge is 0.496 e. The number of nitrogen functional groups attached to an aromatic ring is 1. The third-order valence-corrected chi connectivity index (χ3v) is 2.42. The second-order valence-corrected chi connectivity index (χ2v) is 3.29. The average Bonchev–Trinajstić information content (AvgIpc) is 2.16. The maximum Gasteiger partial charge on any atom is 0.125 e. The Morgan fingerprint density at radius 3 is 3.08 bits per heavy atom. The van der Waals surface area contributed by atoms with Gasteiger partial charge in [0.05, 0.1) is 7.11 Å². The van der Waals surface area contributed by atoms with Crippen molar-refractivity contribution in [2.45, 2.75) is 13.0 Å². The van der Waals surface area contributed by atoms with E-state index in [-0.39, 0.29) is 0 Å². The minimum absolute atomic E-state index is 0.789. The smallest absolute Gasteiger partial charge is 0.125 e. The Morgan fingerprint density at radius 2 is 2.31 bits per heavy atom. The van der Waals surface area contributed by atoms with Gasteiger partial charge < -0.3 is 15.8 Å². The van der Waals surface area contributed by atoms with Crippen LogP contribution in [-0.2, 0) is 13.0 Å². The summed E-state index contributed by atoms with van der Waals surface area (Å²) >= 11 is 0. The minimum Gasteiger partial charge on any atom is -0.496 e. The lowest BCUT2D eigenvalue weighted by Gasteiger charge is -2.20. The zero-order chi connectivity index (χ0) is 9.26. The summed E-state index contributed by atoms with van der Waals surface area (Å²) in [5.41, 5.74) is 9.12. The summed E-state index contributed by atoms with van der Waals surface area (Å²) in [6.07, 6.45) is 1.04. The van der Waals surface area contributed by atoms with Gasteiger partial charge in [-0.05, 0) is 24.6 Å². The molecule has 70 valence electrons. The van der Waals surface area contributed by atoms with Crippen molar-refractivity contribution in [1.29, 1.82) is 0 Å². The summed E-state index contributed by atoms with van der Waals surface area (Å²) < 4.78 is 5.27. The predicted octanol–water partition coefficient (Wildman–Crippen LogP) is 0.923. The van der Waals surface area contributed by atoms with Crippen LogP contribution in [0.15, 0.2) is 12.1 Å². The van der Waals surface area contributed by atoms with E-state index in [4.69, 9.17) is 10.5 Å². The molecule has 0 unspecified atom stereocenters. The topological polar surface area (TPSA) is 47.3 Å². The van der Waals surface area contributed by atoms with E-state index in [1.807, 2.05) is 12.1 Å². The van der Waals surface area contributed by atoms with Gasteiger partial charge in [-0.1, -0.05) is 0 Å². The number of anilines is 1. The molecule has 0 aromatic heterocycles. The molecule has 1 aromatic carbocycles. The van der Waals surface area contributed by atoms with Crippen molar-refractivity contribution >= 4 is 5.69 Å². The van der Waals surface area contributed by atoms with Crippen molar-refractivity contribution < 1.29 is 4.74 Å². The molecule has 1 heterocycles. The monoisotopic (exact) mass is 178 g/mol. The maximum atomic E-state index is 5.76. The van der Waals surface area contributed by atoms with Crippen molar-refractivity contribution in [1.82, 2.24) is 5.32 Å². The molecule has 0 aliphatic carbocycles. The fraction of sp³-hybridized carbons (Fsp3) is 0.400. The first-order chi connectivity index (χ1) is 6.31. The molecule has 0 saturated heterocycles. The minimum atomic E-state index is 0.789. The Labute approximate surface area is 77.9 Å². The second kappa shape index (κ2) is 3.26. The first-order valence-electron chi connectivity index (χ1n) is 4.47. The number of ether oxygens (including phenoxy) is 1. The van der Waals surface area contributed by atoms with Gasteiger partial charge in [0.2, 0.25) is 0 Å². The van der Waals surface area contributed by atoms with E-state index in [9.17, 15) is 0 Å². The van der Waals surface area contributed by atoms with E-state index in [0.717, 1.165) is 30.9 Å². The van der Waals surface area contributed by atoms with Crippen molar-refractivity contribution in [3.05, 3.63) is 23.3 Å². The SMILES string of the molecule is COc1cc(N)cc2c1CNCC2. The lowest BCUT2D eigenvalue weighted by atomic mass is 9.99. The van der Waals surface area contributed by atoms with Gasteiger partial charge in [0, 0.05) is 23.9 Å². The van der Waals surface area contributed by atoms with Crippen LogP contribution >= 0.6 is 0 Å². The van der Waals surface area contributed by atoms with E-state index in [2.05, 4.69) is 5.32 Å². The zero-order valence-electron chi connectivity index (χ0n) is 7.76. The first-order valence-corrected chi connectivity index (χ1v) is 4.47. The molecule has 0 saturated carbocycles. The summed E-state index contributed by atoms with van der Waals surface area (Å²) in [5, 5.41) is 3.31. The summed E-state index contributed by atoms with van der Waals surface area (Å²) in [4.78, 5) is 0. The van der Waals surface area contributed by atoms with Crippen LogP contribution in [0.4, 0.5) is 5.69 Å². The number of methoxy groups -OCH3 is 1. The molecule has 0 atom stereocenters. The Kier molecular flexibility index (Phi) is 2.10. The molecule has 13 heavy (non-hydrogen) atoms. The molecule has 0 bridgehead atoms. The van der Waals surface area contributed by atoms with Crippen molar-refractivity contribution in [2.75, 3.05) is 19.4 Å². The molecular weight excluding hydrogens is 164 g/mol. The van der Waals surface area contributed by atoms with E-state index in [1.54, 1.807) is 7.11 Å². The van der Waals surface area contributed by atoms with E-state index >= 15 is 0 Å². The number of nitrogens with two attached hydrogens (primary N) is 1. The summed E-state index contributed by atoms with van der Waals surface area (Å²) in [6, 6.07) is 3.92. The Morgan fingerprint density at radius 1 is 1.46 bits per heavy atom. The molecule has 3 N–H and O–H groups in total. The molecule has 0 radical (unpaired) electrons. The van der Waals surface area contributed by atoms with Gasteiger partial charge in [-0.3, -0.25) is 0 Å². The molecule has 0 fully saturated rings. The van der Waals surface area contributed by atoms with Gasteiger partial charge in [0.1, 0.15) is 5.75 Å². The molecule has 0 spiro atoms. The van der Waals surface area contributed by atoms with Gasteiger partial charge in [0.25, 0.3) is 0 Å². The highest BCUT2D eigenvalue weighted by Gasteiger charge is 2.13. The van der Waals surface area contributed by atoms with Crippen LogP contribution in [0.25, 0.3) is 0 Å².